The molecule has 0 radical (unpaired) electrons. The van der Waals surface area contributed by atoms with Crippen molar-refractivity contribution in [2.24, 2.45) is 10.9 Å². The SMILES string of the molecule is C1CCC(C2=NC3CNCC3N2)CC1. The van der Waals surface area contributed by atoms with Crippen LogP contribution in [0.15, 0.2) is 4.99 Å². The molecule has 0 spiro atoms. The lowest BCUT2D eigenvalue weighted by Gasteiger charge is -2.22. The lowest BCUT2D eigenvalue weighted by Crippen LogP contribution is -2.38. The number of hydrogen-bond donors (Lipinski definition) is 2. The molecule has 3 heteroatoms. The van der Waals surface area contributed by atoms with Gasteiger partial charge in [-0.15, -0.1) is 0 Å². The molecule has 2 N–H and O–H groups in total. The zero-order chi connectivity index (χ0) is 9.38. The monoisotopic (exact) mass is 193 g/mol. The average Bonchev–Trinajstić information content (AvgIpc) is 2.78. The summed E-state index contributed by atoms with van der Waals surface area (Å²) in [4.78, 5) is 4.82. The fourth-order valence-electron chi connectivity index (χ4n) is 2.95. The molecule has 3 rings (SSSR count). The van der Waals surface area contributed by atoms with Gasteiger partial charge in [-0.3, -0.25) is 4.99 Å². The third-order valence-electron chi connectivity index (χ3n) is 3.81. The van der Waals surface area contributed by atoms with Gasteiger partial charge < -0.3 is 10.6 Å². The van der Waals surface area contributed by atoms with Crippen LogP contribution in [0, 0.1) is 5.92 Å². The Bertz CT molecular complexity index is 243. The Kier molecular flexibility index (Phi) is 2.20. The number of amidine groups is 1. The van der Waals surface area contributed by atoms with E-state index in [4.69, 9.17) is 4.99 Å². The Morgan fingerprint density at radius 2 is 1.93 bits per heavy atom. The van der Waals surface area contributed by atoms with E-state index < -0.39 is 0 Å². The maximum Gasteiger partial charge on any atom is 0.100 e. The molecular formula is C11H19N3. The van der Waals surface area contributed by atoms with Crippen molar-refractivity contribution in [1.29, 1.82) is 0 Å². The molecule has 0 aromatic heterocycles. The van der Waals surface area contributed by atoms with Crippen LogP contribution >= 0.6 is 0 Å². The number of nitrogens with one attached hydrogen (secondary N) is 2. The second-order valence-corrected chi connectivity index (χ2v) is 4.83. The van der Waals surface area contributed by atoms with Gasteiger partial charge in [0, 0.05) is 19.0 Å². The third kappa shape index (κ3) is 1.44. The van der Waals surface area contributed by atoms with Gasteiger partial charge in [0.15, 0.2) is 0 Å². The van der Waals surface area contributed by atoms with Crippen molar-refractivity contribution in [3.8, 4) is 0 Å². The molecule has 1 saturated heterocycles. The zero-order valence-electron chi connectivity index (χ0n) is 8.63. The first-order valence-electron chi connectivity index (χ1n) is 5.98. The molecule has 0 aromatic carbocycles. The highest BCUT2D eigenvalue weighted by atomic mass is 15.2. The van der Waals surface area contributed by atoms with Crippen molar-refractivity contribution in [3.63, 3.8) is 0 Å². The molecule has 3 aliphatic rings. The van der Waals surface area contributed by atoms with Crippen LogP contribution in [0.2, 0.25) is 0 Å². The summed E-state index contributed by atoms with van der Waals surface area (Å²) in [6.45, 7) is 2.18. The second-order valence-electron chi connectivity index (χ2n) is 4.83. The summed E-state index contributed by atoms with van der Waals surface area (Å²) in [5.74, 6) is 2.09. The van der Waals surface area contributed by atoms with Crippen molar-refractivity contribution >= 4 is 5.84 Å². The Hall–Kier alpha value is -0.570. The highest BCUT2D eigenvalue weighted by Gasteiger charge is 2.35. The molecule has 1 aliphatic carbocycles. The van der Waals surface area contributed by atoms with Crippen LogP contribution < -0.4 is 10.6 Å². The second kappa shape index (κ2) is 3.54. The van der Waals surface area contributed by atoms with Crippen LogP contribution in [-0.4, -0.2) is 31.0 Å². The fraction of sp³-hybridized carbons (Fsp3) is 0.909. The standard InChI is InChI=1S/C11H19N3/c1-2-4-8(5-3-1)11-13-9-6-12-7-10(9)14-11/h8-10,12H,1-7H2,(H,13,14). The van der Waals surface area contributed by atoms with E-state index in [0.29, 0.717) is 12.1 Å². The predicted octanol–water partition coefficient (Wildman–Crippen LogP) is 0.909. The summed E-state index contributed by atoms with van der Waals surface area (Å²) in [5.41, 5.74) is 0. The largest absolute Gasteiger partial charge is 0.367 e. The van der Waals surface area contributed by atoms with Crippen molar-refractivity contribution < 1.29 is 0 Å². The Balaban J connectivity index is 1.67. The van der Waals surface area contributed by atoms with Gasteiger partial charge in [0.05, 0.1) is 12.1 Å². The van der Waals surface area contributed by atoms with Crippen LogP contribution in [0.4, 0.5) is 0 Å². The number of aliphatic imine (C=N–C) groups is 1. The van der Waals surface area contributed by atoms with Crippen LogP contribution in [0.5, 0.6) is 0 Å². The van der Waals surface area contributed by atoms with Crippen molar-refractivity contribution in [2.45, 2.75) is 44.2 Å². The van der Waals surface area contributed by atoms with Crippen molar-refractivity contribution in [2.75, 3.05) is 13.1 Å². The van der Waals surface area contributed by atoms with Gasteiger partial charge in [0.25, 0.3) is 0 Å². The first-order valence-corrected chi connectivity index (χ1v) is 5.98. The van der Waals surface area contributed by atoms with E-state index in [1.54, 1.807) is 0 Å². The van der Waals surface area contributed by atoms with Crippen LogP contribution in [-0.2, 0) is 0 Å². The van der Waals surface area contributed by atoms with Crippen molar-refractivity contribution in [3.05, 3.63) is 0 Å². The molecule has 0 aromatic rings. The van der Waals surface area contributed by atoms with Gasteiger partial charge in [0.1, 0.15) is 5.84 Å². The molecule has 2 atom stereocenters. The minimum absolute atomic E-state index is 0.534. The van der Waals surface area contributed by atoms with Gasteiger partial charge in [-0.1, -0.05) is 19.3 Å². The van der Waals surface area contributed by atoms with E-state index in [9.17, 15) is 0 Å². The van der Waals surface area contributed by atoms with E-state index in [0.717, 1.165) is 19.0 Å². The molecule has 1 saturated carbocycles. The summed E-state index contributed by atoms with van der Waals surface area (Å²) in [7, 11) is 0. The molecule has 2 unspecified atom stereocenters. The molecule has 0 bridgehead atoms. The molecule has 3 nitrogen and oxygen atoms in total. The predicted molar refractivity (Wildman–Crippen MR) is 57.6 cm³/mol. The minimum atomic E-state index is 0.534. The number of rotatable bonds is 1. The van der Waals surface area contributed by atoms with Crippen LogP contribution in [0.25, 0.3) is 0 Å². The molecule has 14 heavy (non-hydrogen) atoms. The molecule has 78 valence electrons. The third-order valence-corrected chi connectivity index (χ3v) is 3.81. The number of hydrogen-bond acceptors (Lipinski definition) is 3. The van der Waals surface area contributed by atoms with Gasteiger partial charge in [0.2, 0.25) is 0 Å². The molecule has 0 amide bonds. The Morgan fingerprint density at radius 1 is 1.07 bits per heavy atom. The number of fused-ring (bicyclic) bond motifs is 1. The van der Waals surface area contributed by atoms with E-state index in [2.05, 4.69) is 10.6 Å². The number of nitrogens with zero attached hydrogens (tertiary/aromatic N) is 1. The fourth-order valence-corrected chi connectivity index (χ4v) is 2.95. The lowest BCUT2D eigenvalue weighted by molar-refractivity contribution is 0.432. The van der Waals surface area contributed by atoms with Crippen LogP contribution in [0.3, 0.4) is 0 Å². The highest BCUT2D eigenvalue weighted by Crippen LogP contribution is 2.27. The van der Waals surface area contributed by atoms with Gasteiger partial charge in [-0.25, -0.2) is 0 Å². The molecule has 2 fully saturated rings. The van der Waals surface area contributed by atoms with E-state index >= 15 is 0 Å². The maximum atomic E-state index is 4.82. The molecule has 2 aliphatic heterocycles. The first kappa shape index (κ1) is 8.72. The quantitative estimate of drug-likeness (QED) is 0.649. The summed E-state index contributed by atoms with van der Waals surface area (Å²) in [5, 5.41) is 6.99. The van der Waals surface area contributed by atoms with E-state index in [1.165, 1.54) is 37.9 Å². The first-order chi connectivity index (χ1) is 6.93. The van der Waals surface area contributed by atoms with Crippen molar-refractivity contribution in [1.82, 2.24) is 10.6 Å². The normalized spacial score (nSPS) is 37.9. The maximum absolute atomic E-state index is 4.82. The lowest BCUT2D eigenvalue weighted by atomic mass is 9.88. The van der Waals surface area contributed by atoms with E-state index in [-0.39, 0.29) is 0 Å². The summed E-state index contributed by atoms with van der Waals surface area (Å²) < 4.78 is 0. The molecule has 2 heterocycles. The Morgan fingerprint density at radius 3 is 2.71 bits per heavy atom. The minimum Gasteiger partial charge on any atom is -0.367 e. The molecular weight excluding hydrogens is 174 g/mol. The smallest absolute Gasteiger partial charge is 0.100 e. The average molecular weight is 193 g/mol. The summed E-state index contributed by atoms with van der Waals surface area (Å²) in [6.07, 6.45) is 6.95. The Labute approximate surface area is 85.4 Å². The van der Waals surface area contributed by atoms with Gasteiger partial charge in [-0.05, 0) is 12.8 Å². The van der Waals surface area contributed by atoms with E-state index in [1.807, 2.05) is 0 Å². The van der Waals surface area contributed by atoms with Crippen LogP contribution in [0.1, 0.15) is 32.1 Å². The van der Waals surface area contributed by atoms with Gasteiger partial charge in [-0.2, -0.15) is 0 Å². The topological polar surface area (TPSA) is 36.4 Å². The van der Waals surface area contributed by atoms with Gasteiger partial charge >= 0.3 is 0 Å². The zero-order valence-corrected chi connectivity index (χ0v) is 8.63. The highest BCUT2D eigenvalue weighted by molar-refractivity contribution is 5.87. The summed E-state index contributed by atoms with van der Waals surface area (Å²) in [6, 6.07) is 1.14. The summed E-state index contributed by atoms with van der Waals surface area (Å²) >= 11 is 0.